The summed E-state index contributed by atoms with van der Waals surface area (Å²) in [6, 6.07) is 23.8. The lowest BCUT2D eigenvalue weighted by Crippen LogP contribution is -2.13. The molecule has 0 fully saturated rings. The highest BCUT2D eigenvalue weighted by Gasteiger charge is 2.18. The zero-order valence-electron chi connectivity index (χ0n) is 17.3. The van der Waals surface area contributed by atoms with Crippen LogP contribution in [0, 0.1) is 5.82 Å². The normalized spacial score (nSPS) is 11.5. The van der Waals surface area contributed by atoms with E-state index in [0.29, 0.717) is 22.5 Å². The van der Waals surface area contributed by atoms with Gasteiger partial charge in [-0.1, -0.05) is 30.3 Å². The number of nitrogen functional groups attached to an aromatic ring is 1. The van der Waals surface area contributed by atoms with E-state index < -0.39 is 5.91 Å². The maximum atomic E-state index is 13.7. The molecule has 0 saturated carbocycles. The Balaban J connectivity index is 1.67. The molecule has 2 aromatic heterocycles. The number of carbonyl (C=O) groups excluding carboxylic acids is 1. The molecule has 33 heavy (non-hydrogen) atoms. The number of anilines is 1. The Morgan fingerprint density at radius 2 is 1.76 bits per heavy atom. The monoisotopic (exact) mass is 435 g/mol. The SMILES string of the molecule is NC(=O)c1ccc(-n2c3ccccc3c3c(-c4nc5ccc(F)cc5[nH]4)cccc32)cc1N. The number of nitrogens with one attached hydrogen (secondary N) is 1. The summed E-state index contributed by atoms with van der Waals surface area (Å²) in [6.07, 6.45) is 0. The third-order valence-electron chi connectivity index (χ3n) is 5.96. The Hall–Kier alpha value is -4.65. The van der Waals surface area contributed by atoms with Crippen LogP contribution in [0.3, 0.4) is 0 Å². The van der Waals surface area contributed by atoms with E-state index in [4.69, 9.17) is 16.5 Å². The maximum absolute atomic E-state index is 13.7. The summed E-state index contributed by atoms with van der Waals surface area (Å²) in [5.74, 6) is -0.220. The first-order valence-corrected chi connectivity index (χ1v) is 10.4. The molecule has 0 spiro atoms. The topological polar surface area (TPSA) is 103 Å². The number of para-hydroxylation sites is 1. The third-order valence-corrected chi connectivity index (χ3v) is 5.96. The Kier molecular flexibility index (Phi) is 4.00. The highest BCUT2D eigenvalue weighted by molar-refractivity contribution is 6.15. The van der Waals surface area contributed by atoms with E-state index in [9.17, 15) is 9.18 Å². The van der Waals surface area contributed by atoms with E-state index in [2.05, 4.69) is 15.6 Å². The van der Waals surface area contributed by atoms with E-state index in [1.54, 1.807) is 18.2 Å². The highest BCUT2D eigenvalue weighted by atomic mass is 19.1. The average molecular weight is 435 g/mol. The van der Waals surface area contributed by atoms with Crippen molar-refractivity contribution in [2.24, 2.45) is 5.73 Å². The van der Waals surface area contributed by atoms with Gasteiger partial charge in [0.15, 0.2) is 0 Å². The number of nitrogens with zero attached hydrogens (tertiary/aromatic N) is 2. The molecule has 0 radical (unpaired) electrons. The molecule has 0 bridgehead atoms. The van der Waals surface area contributed by atoms with Crippen molar-refractivity contribution in [2.45, 2.75) is 0 Å². The molecule has 5 N–H and O–H groups in total. The van der Waals surface area contributed by atoms with Crippen LogP contribution < -0.4 is 11.5 Å². The zero-order valence-corrected chi connectivity index (χ0v) is 17.3. The minimum Gasteiger partial charge on any atom is -0.398 e. The van der Waals surface area contributed by atoms with Gasteiger partial charge in [0, 0.05) is 27.7 Å². The van der Waals surface area contributed by atoms with Crippen LogP contribution in [0.25, 0.3) is 49.9 Å². The molecule has 4 aromatic carbocycles. The fourth-order valence-electron chi connectivity index (χ4n) is 4.52. The minimum absolute atomic E-state index is 0.287. The van der Waals surface area contributed by atoms with E-state index in [1.165, 1.54) is 12.1 Å². The molecule has 0 aliphatic heterocycles. The van der Waals surface area contributed by atoms with Gasteiger partial charge in [-0.3, -0.25) is 4.79 Å². The summed E-state index contributed by atoms with van der Waals surface area (Å²) in [6.45, 7) is 0. The molecule has 0 saturated heterocycles. The van der Waals surface area contributed by atoms with Gasteiger partial charge < -0.3 is 21.0 Å². The van der Waals surface area contributed by atoms with Gasteiger partial charge in [0.05, 0.1) is 27.6 Å². The third kappa shape index (κ3) is 2.86. The van der Waals surface area contributed by atoms with Crippen LogP contribution in [-0.2, 0) is 0 Å². The number of hydrogen-bond donors (Lipinski definition) is 3. The average Bonchev–Trinajstić information content (AvgIpc) is 3.37. The van der Waals surface area contributed by atoms with Gasteiger partial charge in [-0.05, 0) is 48.5 Å². The summed E-state index contributed by atoms with van der Waals surface area (Å²) in [5.41, 5.74) is 17.2. The largest absolute Gasteiger partial charge is 0.398 e. The van der Waals surface area contributed by atoms with Crippen molar-refractivity contribution in [3.63, 3.8) is 0 Å². The minimum atomic E-state index is -0.565. The van der Waals surface area contributed by atoms with E-state index >= 15 is 0 Å². The fourth-order valence-corrected chi connectivity index (χ4v) is 4.52. The number of aromatic nitrogens is 3. The molecule has 0 atom stereocenters. The van der Waals surface area contributed by atoms with Crippen molar-refractivity contribution in [1.29, 1.82) is 0 Å². The summed E-state index contributed by atoms with van der Waals surface area (Å²) >= 11 is 0. The molecular formula is C26H18FN5O. The van der Waals surface area contributed by atoms with Crippen LogP contribution in [0.5, 0.6) is 0 Å². The molecule has 1 amide bonds. The van der Waals surface area contributed by atoms with E-state index in [-0.39, 0.29) is 11.4 Å². The first kappa shape index (κ1) is 19.1. The predicted molar refractivity (Wildman–Crippen MR) is 129 cm³/mol. The summed E-state index contributed by atoms with van der Waals surface area (Å²) in [7, 11) is 0. The molecule has 0 unspecified atom stereocenters. The first-order chi connectivity index (χ1) is 16.0. The lowest BCUT2D eigenvalue weighted by Gasteiger charge is -2.10. The number of nitrogens with two attached hydrogens (primary N) is 2. The van der Waals surface area contributed by atoms with Gasteiger partial charge in [-0.15, -0.1) is 0 Å². The molecule has 6 aromatic rings. The van der Waals surface area contributed by atoms with Crippen LogP contribution in [0.4, 0.5) is 10.1 Å². The maximum Gasteiger partial charge on any atom is 0.250 e. The number of imidazole rings is 1. The lowest BCUT2D eigenvalue weighted by atomic mass is 10.1. The molecular weight excluding hydrogens is 417 g/mol. The Morgan fingerprint density at radius 1 is 0.939 bits per heavy atom. The second-order valence-electron chi connectivity index (χ2n) is 7.93. The smallest absolute Gasteiger partial charge is 0.250 e. The number of aromatic amines is 1. The van der Waals surface area contributed by atoms with Gasteiger partial charge in [0.25, 0.3) is 5.91 Å². The van der Waals surface area contributed by atoms with Gasteiger partial charge in [0.2, 0.25) is 0 Å². The van der Waals surface area contributed by atoms with Gasteiger partial charge in [-0.2, -0.15) is 0 Å². The van der Waals surface area contributed by atoms with Crippen molar-refractivity contribution in [2.75, 3.05) is 5.73 Å². The lowest BCUT2D eigenvalue weighted by molar-refractivity contribution is 0.100. The Morgan fingerprint density at radius 3 is 2.58 bits per heavy atom. The molecule has 2 heterocycles. The number of fused-ring (bicyclic) bond motifs is 4. The van der Waals surface area contributed by atoms with Gasteiger partial charge in [0.1, 0.15) is 11.6 Å². The molecule has 0 aliphatic carbocycles. The number of carbonyl (C=O) groups is 1. The van der Waals surface area contributed by atoms with Crippen molar-refractivity contribution >= 4 is 44.4 Å². The number of primary amides is 1. The highest BCUT2D eigenvalue weighted by Crippen LogP contribution is 2.38. The molecule has 7 heteroatoms. The number of amides is 1. The summed E-state index contributed by atoms with van der Waals surface area (Å²) < 4.78 is 15.8. The molecule has 160 valence electrons. The van der Waals surface area contributed by atoms with Crippen molar-refractivity contribution in [1.82, 2.24) is 14.5 Å². The van der Waals surface area contributed by atoms with Crippen LogP contribution >= 0.6 is 0 Å². The van der Waals surface area contributed by atoms with E-state index in [1.807, 2.05) is 42.5 Å². The number of H-pyrrole nitrogens is 1. The molecule has 6 rings (SSSR count). The molecule has 0 aliphatic rings. The number of halogens is 1. The van der Waals surface area contributed by atoms with Crippen LogP contribution in [0.2, 0.25) is 0 Å². The number of benzene rings is 4. The number of hydrogen-bond acceptors (Lipinski definition) is 3. The second kappa shape index (κ2) is 6.93. The van der Waals surface area contributed by atoms with Gasteiger partial charge in [-0.25, -0.2) is 9.37 Å². The fraction of sp³-hybridized carbons (Fsp3) is 0. The zero-order chi connectivity index (χ0) is 22.7. The van der Waals surface area contributed by atoms with E-state index in [0.717, 1.165) is 33.1 Å². The quantitative estimate of drug-likeness (QED) is 0.335. The van der Waals surface area contributed by atoms with Crippen molar-refractivity contribution in [3.8, 4) is 17.1 Å². The Bertz CT molecular complexity index is 1730. The summed E-state index contributed by atoms with van der Waals surface area (Å²) in [5, 5.41) is 2.04. The van der Waals surface area contributed by atoms with Crippen molar-refractivity contribution in [3.05, 3.63) is 90.2 Å². The Labute approximate surface area is 187 Å². The van der Waals surface area contributed by atoms with Crippen molar-refractivity contribution < 1.29 is 9.18 Å². The summed E-state index contributed by atoms with van der Waals surface area (Å²) in [4.78, 5) is 19.6. The van der Waals surface area contributed by atoms with Crippen LogP contribution in [-0.4, -0.2) is 20.4 Å². The number of rotatable bonds is 3. The van der Waals surface area contributed by atoms with Crippen LogP contribution in [0.1, 0.15) is 10.4 Å². The van der Waals surface area contributed by atoms with Gasteiger partial charge >= 0.3 is 0 Å². The standard InChI is InChI=1S/C26H18FN5O/c27-14-8-11-20-21(12-14)31-26(30-20)18-5-3-7-23-24(18)17-4-1-2-6-22(17)32(23)15-9-10-16(25(29)33)19(28)13-15/h1-13H,28H2,(H2,29,33)(H,30,31). The first-order valence-electron chi connectivity index (χ1n) is 10.4. The predicted octanol–water partition coefficient (Wildman–Crippen LogP) is 5.15. The van der Waals surface area contributed by atoms with Crippen LogP contribution in [0.15, 0.2) is 78.9 Å². The second-order valence-corrected chi connectivity index (χ2v) is 7.93. The molecule has 6 nitrogen and oxygen atoms in total.